The maximum absolute atomic E-state index is 13.9. The van der Waals surface area contributed by atoms with Crippen molar-refractivity contribution in [2.75, 3.05) is 31.5 Å². The number of amides is 2. The Morgan fingerprint density at radius 2 is 1.90 bits per heavy atom. The minimum atomic E-state index is -4.61. The number of allylic oxidation sites excluding steroid dienone is 1. The fraction of sp³-hybridized carbons (Fsp3) is 0.250. The smallest absolute Gasteiger partial charge is 0.340 e. The summed E-state index contributed by atoms with van der Waals surface area (Å²) in [6.07, 6.45) is 3.91. The zero-order valence-corrected chi connectivity index (χ0v) is 21.5. The van der Waals surface area contributed by atoms with E-state index in [0.29, 0.717) is 43.3 Å². The molecule has 1 fully saturated rings. The van der Waals surface area contributed by atoms with E-state index in [1.54, 1.807) is 11.0 Å². The summed E-state index contributed by atoms with van der Waals surface area (Å²) in [5, 5.41) is 9.52. The summed E-state index contributed by atoms with van der Waals surface area (Å²) < 4.78 is 41.8. The van der Waals surface area contributed by atoms with Gasteiger partial charge in [0.1, 0.15) is 11.5 Å². The molecule has 0 bridgehead atoms. The molecule has 40 heavy (non-hydrogen) atoms. The third kappa shape index (κ3) is 7.42. The highest BCUT2D eigenvalue weighted by molar-refractivity contribution is 6.04. The zero-order valence-electron chi connectivity index (χ0n) is 21.5. The molecule has 9 nitrogen and oxygen atoms in total. The Labute approximate surface area is 228 Å². The molecule has 3 N–H and O–H groups in total. The first kappa shape index (κ1) is 28.3. The highest BCUT2D eigenvalue weighted by atomic mass is 19.4. The van der Waals surface area contributed by atoms with Crippen molar-refractivity contribution >= 4 is 29.8 Å². The van der Waals surface area contributed by atoms with Crippen LogP contribution in [0.2, 0.25) is 0 Å². The lowest BCUT2D eigenvalue weighted by molar-refractivity contribution is -0.138. The predicted octanol–water partition coefficient (Wildman–Crippen LogP) is 3.80. The molecular formula is C28H26F3N7O2. The number of aromatic nitrogens is 3. The summed E-state index contributed by atoms with van der Waals surface area (Å²) in [7, 11) is 0. The lowest BCUT2D eigenvalue weighted by atomic mass is 10.0. The summed E-state index contributed by atoms with van der Waals surface area (Å²) in [6.45, 7) is 3.44. The van der Waals surface area contributed by atoms with E-state index >= 15 is 0 Å². The maximum atomic E-state index is 13.9. The van der Waals surface area contributed by atoms with Gasteiger partial charge in [-0.1, -0.05) is 12.0 Å². The van der Waals surface area contributed by atoms with E-state index in [2.05, 4.69) is 32.1 Å². The van der Waals surface area contributed by atoms with Crippen LogP contribution in [0.3, 0.4) is 0 Å². The molecule has 4 rings (SSSR count). The third-order valence-electron chi connectivity index (χ3n) is 6.17. The van der Waals surface area contributed by atoms with Crippen LogP contribution in [0, 0.1) is 17.3 Å². The number of halogens is 3. The van der Waals surface area contributed by atoms with Crippen LogP contribution in [0.4, 0.5) is 18.9 Å². The van der Waals surface area contributed by atoms with E-state index in [0.717, 1.165) is 12.3 Å². The zero-order chi connectivity index (χ0) is 28.7. The second-order valence-corrected chi connectivity index (χ2v) is 9.03. The average molecular weight is 550 g/mol. The topological polar surface area (TPSA) is 118 Å². The first-order valence-electron chi connectivity index (χ1n) is 12.3. The number of carbonyl (C=O) groups excluding carboxylic acids is 2. The van der Waals surface area contributed by atoms with Gasteiger partial charge in [0.2, 0.25) is 5.91 Å². The second-order valence-electron chi connectivity index (χ2n) is 9.03. The molecule has 0 aliphatic carbocycles. The Kier molecular flexibility index (Phi) is 8.76. The van der Waals surface area contributed by atoms with Crippen LogP contribution in [0.5, 0.6) is 0 Å². The molecule has 3 aromatic rings. The Balaban J connectivity index is 1.46. The normalized spacial score (nSPS) is 14.1. The quantitative estimate of drug-likeness (QED) is 0.319. The Bertz CT molecular complexity index is 1490. The number of rotatable bonds is 6. The van der Waals surface area contributed by atoms with Crippen LogP contribution in [-0.4, -0.2) is 69.0 Å². The van der Waals surface area contributed by atoms with Crippen LogP contribution >= 0.6 is 0 Å². The van der Waals surface area contributed by atoms with E-state index in [4.69, 9.17) is 5.41 Å². The minimum Gasteiger partial charge on any atom is -0.340 e. The summed E-state index contributed by atoms with van der Waals surface area (Å²) in [5.41, 5.74) is 0.339. The van der Waals surface area contributed by atoms with E-state index < -0.39 is 17.6 Å². The lowest BCUT2D eigenvalue weighted by Gasteiger charge is -2.34. The first-order chi connectivity index (χ1) is 19.1. The molecule has 0 spiro atoms. The van der Waals surface area contributed by atoms with Gasteiger partial charge in [0.05, 0.1) is 17.3 Å². The molecule has 0 saturated carbocycles. The monoisotopic (exact) mass is 549 g/mol. The molecule has 2 amide bonds. The number of H-pyrrole nitrogens is 1. The van der Waals surface area contributed by atoms with E-state index in [9.17, 15) is 22.8 Å². The number of anilines is 1. The molecule has 0 atom stereocenters. The number of piperazine rings is 1. The van der Waals surface area contributed by atoms with Gasteiger partial charge in [-0.3, -0.25) is 19.5 Å². The molecule has 0 unspecified atom stereocenters. The van der Waals surface area contributed by atoms with Crippen molar-refractivity contribution in [2.24, 2.45) is 0 Å². The molecule has 0 radical (unpaired) electrons. The van der Waals surface area contributed by atoms with Gasteiger partial charge in [-0.05, 0) is 41.8 Å². The fourth-order valence-corrected chi connectivity index (χ4v) is 4.12. The van der Waals surface area contributed by atoms with E-state index in [-0.39, 0.29) is 29.3 Å². The minimum absolute atomic E-state index is 0.00179. The molecule has 206 valence electrons. The number of hydrogen-bond donors (Lipinski definition) is 3. The largest absolute Gasteiger partial charge is 0.416 e. The van der Waals surface area contributed by atoms with Crippen molar-refractivity contribution in [1.82, 2.24) is 24.8 Å². The van der Waals surface area contributed by atoms with Crippen molar-refractivity contribution < 1.29 is 22.8 Å². The van der Waals surface area contributed by atoms with Crippen LogP contribution in [0.1, 0.15) is 45.5 Å². The molecule has 1 aliphatic heterocycles. The standard InChI is InChI=1S/C28H26F3N7O2/c1-19(39)38-11-9-37(10-12-38)18-21-5-7-23(14-25(21)28(29,30)31)36-27(40)22-13-20(15-33-16-22)4-6-24-17-34-26(35-24)3-2-8-32/h2-3,5,7-8,13-17,32H,9-12,18H2,1H3,(H,34,35)(H,36,40)/b3-2-,32-8?. The Morgan fingerprint density at radius 1 is 1.12 bits per heavy atom. The van der Waals surface area contributed by atoms with Gasteiger partial charge in [0.15, 0.2) is 0 Å². The number of pyridine rings is 1. The van der Waals surface area contributed by atoms with Gasteiger partial charge in [0, 0.05) is 69.5 Å². The SMILES string of the molecule is CC(=O)N1CCN(Cc2ccc(NC(=O)c3cncc(C#Cc4cnc(/C=C\C=N)[nH]4)c3)cc2C(F)(F)F)CC1. The fourth-order valence-electron chi connectivity index (χ4n) is 4.12. The predicted molar refractivity (Wildman–Crippen MR) is 144 cm³/mol. The Hall–Kier alpha value is -4.76. The van der Waals surface area contributed by atoms with Crippen LogP contribution < -0.4 is 5.32 Å². The molecule has 3 heterocycles. The van der Waals surface area contributed by atoms with Crippen LogP contribution in [0.25, 0.3) is 6.08 Å². The lowest BCUT2D eigenvalue weighted by Crippen LogP contribution is -2.47. The molecule has 1 saturated heterocycles. The number of nitrogens with one attached hydrogen (secondary N) is 3. The number of nitrogens with zero attached hydrogens (tertiary/aromatic N) is 4. The third-order valence-corrected chi connectivity index (χ3v) is 6.17. The van der Waals surface area contributed by atoms with Gasteiger partial charge in [-0.15, -0.1) is 0 Å². The van der Waals surface area contributed by atoms with Gasteiger partial charge in [0.25, 0.3) is 5.91 Å². The molecule has 1 aromatic carbocycles. The van der Waals surface area contributed by atoms with Crippen molar-refractivity contribution in [2.45, 2.75) is 19.6 Å². The number of alkyl halides is 3. The summed E-state index contributed by atoms with van der Waals surface area (Å²) >= 11 is 0. The molecule has 1 aliphatic rings. The van der Waals surface area contributed by atoms with Gasteiger partial charge >= 0.3 is 6.18 Å². The number of carbonyl (C=O) groups is 2. The Morgan fingerprint density at radius 3 is 2.60 bits per heavy atom. The number of aromatic amines is 1. The summed E-state index contributed by atoms with van der Waals surface area (Å²) in [6, 6.07) is 5.22. The first-order valence-corrected chi connectivity index (χ1v) is 12.3. The second kappa shape index (κ2) is 12.4. The van der Waals surface area contributed by atoms with Crippen molar-refractivity contribution in [3.63, 3.8) is 0 Å². The summed E-state index contributed by atoms with van der Waals surface area (Å²) in [4.78, 5) is 39.0. The maximum Gasteiger partial charge on any atom is 0.416 e. The highest BCUT2D eigenvalue weighted by Crippen LogP contribution is 2.34. The van der Waals surface area contributed by atoms with Crippen molar-refractivity contribution in [1.29, 1.82) is 5.41 Å². The van der Waals surface area contributed by atoms with Gasteiger partial charge in [-0.25, -0.2) is 4.98 Å². The highest BCUT2D eigenvalue weighted by Gasteiger charge is 2.34. The van der Waals surface area contributed by atoms with Crippen LogP contribution in [0.15, 0.2) is 48.9 Å². The number of hydrogen-bond acceptors (Lipinski definition) is 6. The van der Waals surface area contributed by atoms with E-state index in [1.807, 2.05) is 4.90 Å². The van der Waals surface area contributed by atoms with Gasteiger partial charge in [-0.2, -0.15) is 13.2 Å². The molecule has 12 heteroatoms. The summed E-state index contributed by atoms with van der Waals surface area (Å²) in [5.74, 6) is 5.58. The van der Waals surface area contributed by atoms with Crippen molar-refractivity contribution in [3.05, 3.63) is 82.7 Å². The number of imidazole rings is 1. The number of benzene rings is 1. The van der Waals surface area contributed by atoms with Gasteiger partial charge < -0.3 is 20.6 Å². The molecule has 2 aromatic heterocycles. The van der Waals surface area contributed by atoms with Crippen molar-refractivity contribution in [3.8, 4) is 11.8 Å². The molecular weight excluding hydrogens is 523 g/mol. The van der Waals surface area contributed by atoms with E-state index in [1.165, 1.54) is 49.8 Å². The van der Waals surface area contributed by atoms with Crippen LogP contribution in [-0.2, 0) is 17.5 Å². The average Bonchev–Trinajstić information content (AvgIpc) is 3.39.